The second-order valence-electron chi connectivity index (χ2n) is 7.41. The maximum atomic E-state index is 13.0. The molecule has 2 aliphatic rings. The Hall–Kier alpha value is -2.68. The molecular weight excluding hydrogens is 493 g/mol. The van der Waals surface area contributed by atoms with Gasteiger partial charge in [0.05, 0.1) is 5.69 Å². The van der Waals surface area contributed by atoms with Gasteiger partial charge in [-0.2, -0.15) is 0 Å². The number of nitrogens with zero attached hydrogens (tertiary/aromatic N) is 2. The van der Waals surface area contributed by atoms with Crippen LogP contribution in [0.3, 0.4) is 0 Å². The Bertz CT molecular complexity index is 1050. The second-order valence-corrected chi connectivity index (χ2v) is 8.66. The summed E-state index contributed by atoms with van der Waals surface area (Å²) in [5.41, 5.74) is 3.60. The lowest BCUT2D eigenvalue weighted by atomic mass is 10.0. The molecule has 0 saturated carbocycles. The second kappa shape index (κ2) is 8.59. The van der Waals surface area contributed by atoms with Crippen LogP contribution in [0.5, 0.6) is 0 Å². The van der Waals surface area contributed by atoms with Crippen LogP contribution in [0.4, 0.5) is 16.2 Å². The first-order valence-electron chi connectivity index (χ1n) is 10.0. The van der Waals surface area contributed by atoms with Gasteiger partial charge in [-0.3, -0.25) is 14.9 Å². The van der Waals surface area contributed by atoms with Crippen LogP contribution in [-0.2, 0) is 16.0 Å². The number of urea groups is 1. The van der Waals surface area contributed by atoms with E-state index in [4.69, 9.17) is 0 Å². The number of carbonyl (C=O) groups excluding carboxylic acids is 3. The number of benzene rings is 2. The molecule has 154 valence electrons. The van der Waals surface area contributed by atoms with Crippen molar-refractivity contribution < 1.29 is 14.4 Å². The van der Waals surface area contributed by atoms with Crippen molar-refractivity contribution in [3.63, 3.8) is 0 Å². The van der Waals surface area contributed by atoms with Crippen LogP contribution in [0.1, 0.15) is 30.9 Å². The molecule has 1 fully saturated rings. The molecule has 0 radical (unpaired) electrons. The largest absolute Gasteiger partial charge is 0.371 e. The van der Waals surface area contributed by atoms with Gasteiger partial charge in [0, 0.05) is 22.3 Å². The maximum Gasteiger partial charge on any atom is 0.335 e. The fourth-order valence-corrected chi connectivity index (χ4v) is 4.17. The van der Waals surface area contributed by atoms with Crippen LogP contribution in [0.2, 0.25) is 0 Å². The number of halogens is 1. The fraction of sp³-hybridized carbons (Fsp3) is 0.261. The number of carbonyl (C=O) groups is 3. The predicted octanol–water partition coefficient (Wildman–Crippen LogP) is 4.12. The van der Waals surface area contributed by atoms with Crippen molar-refractivity contribution >= 4 is 57.9 Å². The minimum Gasteiger partial charge on any atom is -0.371 e. The lowest BCUT2D eigenvalue weighted by molar-refractivity contribution is -0.122. The number of anilines is 2. The van der Waals surface area contributed by atoms with E-state index in [2.05, 4.69) is 45.8 Å². The van der Waals surface area contributed by atoms with Crippen LogP contribution in [-0.4, -0.2) is 30.9 Å². The Morgan fingerprint density at radius 2 is 1.87 bits per heavy atom. The molecule has 2 aromatic carbocycles. The van der Waals surface area contributed by atoms with Gasteiger partial charge in [0.2, 0.25) is 0 Å². The van der Waals surface area contributed by atoms with Crippen molar-refractivity contribution in [2.24, 2.45) is 0 Å². The van der Waals surface area contributed by atoms with Crippen molar-refractivity contribution in [3.05, 3.63) is 62.7 Å². The van der Waals surface area contributed by atoms with Gasteiger partial charge >= 0.3 is 6.03 Å². The number of nitrogens with one attached hydrogen (secondary N) is 1. The first-order valence-corrected chi connectivity index (χ1v) is 11.1. The van der Waals surface area contributed by atoms with Gasteiger partial charge in [-0.1, -0.05) is 19.4 Å². The van der Waals surface area contributed by atoms with E-state index in [9.17, 15) is 14.4 Å². The van der Waals surface area contributed by atoms with E-state index >= 15 is 0 Å². The van der Waals surface area contributed by atoms with Gasteiger partial charge in [0.25, 0.3) is 11.8 Å². The molecule has 30 heavy (non-hydrogen) atoms. The smallest absolute Gasteiger partial charge is 0.335 e. The zero-order chi connectivity index (χ0) is 21.3. The minimum absolute atomic E-state index is 0.0473. The van der Waals surface area contributed by atoms with Crippen molar-refractivity contribution in [2.45, 2.75) is 26.2 Å². The standard InChI is InChI=1S/C23H22IN3O3/c1-2-3-11-26-12-10-16-13-15(4-9-20(16)26)14-19-21(28)25-23(30)27(22(19)29)18-7-5-17(24)6-8-18/h4-9,13-14H,2-3,10-12H2,1H3,(H,25,28,30). The quantitative estimate of drug-likeness (QED) is 0.370. The number of fused-ring (bicyclic) bond motifs is 1. The van der Waals surface area contributed by atoms with E-state index in [-0.39, 0.29) is 5.57 Å². The summed E-state index contributed by atoms with van der Waals surface area (Å²) in [4.78, 5) is 41.1. The summed E-state index contributed by atoms with van der Waals surface area (Å²) < 4.78 is 0.985. The lowest BCUT2D eigenvalue weighted by Crippen LogP contribution is -2.54. The maximum absolute atomic E-state index is 13.0. The number of imide groups is 2. The lowest BCUT2D eigenvalue weighted by Gasteiger charge is -2.26. The molecule has 4 amide bonds. The van der Waals surface area contributed by atoms with Gasteiger partial charge in [-0.15, -0.1) is 0 Å². The van der Waals surface area contributed by atoms with Gasteiger partial charge in [-0.05, 0) is 89.0 Å². The van der Waals surface area contributed by atoms with Gasteiger partial charge in [0.1, 0.15) is 5.57 Å². The Morgan fingerprint density at radius 3 is 2.60 bits per heavy atom. The van der Waals surface area contributed by atoms with Crippen molar-refractivity contribution in [3.8, 4) is 0 Å². The Balaban J connectivity index is 1.62. The van der Waals surface area contributed by atoms with E-state index in [0.717, 1.165) is 46.4 Å². The molecule has 7 heteroatoms. The third-order valence-corrected chi connectivity index (χ3v) is 6.09. The van der Waals surface area contributed by atoms with Crippen LogP contribution < -0.4 is 15.1 Å². The first kappa shape index (κ1) is 20.6. The SMILES string of the molecule is CCCCN1CCc2cc(C=C3C(=O)NC(=O)N(c4ccc(I)cc4)C3=O)ccc21. The summed E-state index contributed by atoms with van der Waals surface area (Å²) >= 11 is 2.15. The number of barbiturate groups is 1. The molecule has 0 spiro atoms. The van der Waals surface area contributed by atoms with E-state index in [1.54, 1.807) is 30.3 Å². The predicted molar refractivity (Wildman–Crippen MR) is 125 cm³/mol. The molecule has 2 heterocycles. The highest BCUT2D eigenvalue weighted by Gasteiger charge is 2.36. The summed E-state index contributed by atoms with van der Waals surface area (Å²) in [7, 11) is 0. The molecule has 4 rings (SSSR count). The first-order chi connectivity index (χ1) is 14.5. The van der Waals surface area contributed by atoms with Crippen molar-refractivity contribution in [2.75, 3.05) is 22.9 Å². The molecule has 0 bridgehead atoms. The molecule has 0 aliphatic carbocycles. The van der Waals surface area contributed by atoms with E-state index in [1.165, 1.54) is 11.3 Å². The number of hydrogen-bond donors (Lipinski definition) is 1. The number of unbranched alkanes of at least 4 members (excludes halogenated alkanes) is 1. The summed E-state index contributed by atoms with van der Waals surface area (Å²) in [6.45, 7) is 4.21. The van der Waals surface area contributed by atoms with Crippen LogP contribution >= 0.6 is 22.6 Å². The summed E-state index contributed by atoms with van der Waals surface area (Å²) in [6.07, 6.45) is 4.83. The topological polar surface area (TPSA) is 69.7 Å². The third kappa shape index (κ3) is 3.98. The molecule has 6 nitrogen and oxygen atoms in total. The molecule has 0 aromatic heterocycles. The van der Waals surface area contributed by atoms with Crippen molar-refractivity contribution in [1.29, 1.82) is 0 Å². The highest BCUT2D eigenvalue weighted by molar-refractivity contribution is 14.1. The van der Waals surface area contributed by atoms with Gasteiger partial charge in [0.15, 0.2) is 0 Å². The normalized spacial score (nSPS) is 17.5. The Morgan fingerprint density at radius 1 is 1.10 bits per heavy atom. The van der Waals surface area contributed by atoms with Crippen molar-refractivity contribution in [1.82, 2.24) is 5.32 Å². The van der Waals surface area contributed by atoms with E-state index < -0.39 is 17.8 Å². The number of hydrogen-bond acceptors (Lipinski definition) is 4. The van der Waals surface area contributed by atoms with E-state index in [0.29, 0.717) is 5.69 Å². The average Bonchev–Trinajstić information content (AvgIpc) is 3.13. The zero-order valence-corrected chi connectivity index (χ0v) is 18.8. The number of amides is 4. The Labute approximate surface area is 189 Å². The average molecular weight is 515 g/mol. The molecule has 0 unspecified atom stereocenters. The molecule has 1 N–H and O–H groups in total. The van der Waals surface area contributed by atoms with E-state index in [1.807, 2.05) is 12.1 Å². The van der Waals surface area contributed by atoms with Crippen LogP contribution in [0, 0.1) is 3.57 Å². The monoisotopic (exact) mass is 515 g/mol. The molecule has 2 aliphatic heterocycles. The summed E-state index contributed by atoms with van der Waals surface area (Å²) in [6, 6.07) is 12.3. The highest BCUT2D eigenvalue weighted by Crippen LogP contribution is 2.30. The Kier molecular flexibility index (Phi) is 5.90. The molecule has 2 aromatic rings. The highest BCUT2D eigenvalue weighted by atomic mass is 127. The van der Waals surface area contributed by atoms with Crippen LogP contribution in [0.15, 0.2) is 48.0 Å². The molecule has 1 saturated heterocycles. The summed E-state index contributed by atoms with van der Waals surface area (Å²) in [5, 5.41) is 2.27. The number of rotatable bonds is 5. The van der Waals surface area contributed by atoms with Gasteiger partial charge < -0.3 is 4.90 Å². The minimum atomic E-state index is -0.733. The molecule has 0 atom stereocenters. The third-order valence-electron chi connectivity index (χ3n) is 5.37. The zero-order valence-electron chi connectivity index (χ0n) is 16.7. The van der Waals surface area contributed by atoms with Gasteiger partial charge in [-0.25, -0.2) is 9.69 Å². The summed E-state index contributed by atoms with van der Waals surface area (Å²) in [5.74, 6) is -1.29. The molecular formula is C23H22IN3O3. The fourth-order valence-electron chi connectivity index (χ4n) is 3.81. The van der Waals surface area contributed by atoms with Crippen LogP contribution in [0.25, 0.3) is 6.08 Å².